The second-order valence-electron chi connectivity index (χ2n) is 2.79. The molecule has 1 aliphatic heterocycles. The van der Waals surface area contributed by atoms with Gasteiger partial charge in [0.05, 0.1) is 5.69 Å². The third kappa shape index (κ3) is 1.32. The van der Waals surface area contributed by atoms with E-state index in [1.54, 1.807) is 0 Å². The second-order valence-corrected chi connectivity index (χ2v) is 2.79. The highest BCUT2D eigenvalue weighted by Crippen LogP contribution is 2.31. The molecule has 1 aromatic rings. The van der Waals surface area contributed by atoms with Crippen LogP contribution < -0.4 is 15.4 Å². The molecule has 1 heterocycles. The number of hydrogen-bond acceptors (Lipinski definition) is 3. The summed E-state index contributed by atoms with van der Waals surface area (Å²) in [5.74, 6) is 3.41. The van der Waals surface area contributed by atoms with Crippen LogP contribution >= 0.6 is 0 Å². The van der Waals surface area contributed by atoms with Crippen LogP contribution in [0.5, 0.6) is 5.75 Å². The van der Waals surface area contributed by atoms with Crippen molar-refractivity contribution in [3.63, 3.8) is 0 Å². The van der Waals surface area contributed by atoms with Crippen LogP contribution in [0.3, 0.4) is 0 Å². The van der Waals surface area contributed by atoms with Crippen LogP contribution in [0.25, 0.3) is 0 Å². The SMILES string of the molecule is C#Cc1ccc2c(c1)NC(NC)O2. The average molecular weight is 174 g/mol. The Kier molecular flexibility index (Phi) is 1.84. The molecule has 1 unspecified atom stereocenters. The summed E-state index contributed by atoms with van der Waals surface area (Å²) >= 11 is 0. The maximum absolute atomic E-state index is 5.46. The molecule has 0 saturated heterocycles. The predicted octanol–water partition coefficient (Wildman–Crippen LogP) is 0.975. The number of fused-ring (bicyclic) bond motifs is 1. The molecule has 66 valence electrons. The van der Waals surface area contributed by atoms with Crippen molar-refractivity contribution in [2.75, 3.05) is 12.4 Å². The van der Waals surface area contributed by atoms with Crippen molar-refractivity contribution >= 4 is 5.69 Å². The van der Waals surface area contributed by atoms with Gasteiger partial charge in [0.1, 0.15) is 5.75 Å². The molecular formula is C10H10N2O. The summed E-state index contributed by atoms with van der Waals surface area (Å²) in [5.41, 5.74) is 1.79. The van der Waals surface area contributed by atoms with E-state index in [0.717, 1.165) is 17.0 Å². The van der Waals surface area contributed by atoms with Gasteiger partial charge in [-0.2, -0.15) is 0 Å². The molecule has 13 heavy (non-hydrogen) atoms. The molecule has 2 N–H and O–H groups in total. The fraction of sp³-hybridized carbons (Fsp3) is 0.200. The predicted molar refractivity (Wildman–Crippen MR) is 51.5 cm³/mol. The Morgan fingerprint density at radius 1 is 1.62 bits per heavy atom. The average Bonchev–Trinajstić information content (AvgIpc) is 2.58. The zero-order valence-corrected chi connectivity index (χ0v) is 7.29. The van der Waals surface area contributed by atoms with Crippen molar-refractivity contribution in [2.45, 2.75) is 6.35 Å². The van der Waals surface area contributed by atoms with Crippen molar-refractivity contribution in [1.29, 1.82) is 0 Å². The minimum Gasteiger partial charge on any atom is -0.455 e. The fourth-order valence-corrected chi connectivity index (χ4v) is 1.26. The van der Waals surface area contributed by atoms with Crippen LogP contribution in [0, 0.1) is 12.3 Å². The normalized spacial score (nSPS) is 18.3. The highest BCUT2D eigenvalue weighted by Gasteiger charge is 2.19. The Labute approximate surface area is 77.1 Å². The van der Waals surface area contributed by atoms with E-state index in [2.05, 4.69) is 16.6 Å². The zero-order valence-electron chi connectivity index (χ0n) is 7.29. The Hall–Kier alpha value is -1.66. The van der Waals surface area contributed by atoms with Crippen LogP contribution in [0.4, 0.5) is 5.69 Å². The van der Waals surface area contributed by atoms with E-state index in [0.29, 0.717) is 0 Å². The molecule has 0 spiro atoms. The summed E-state index contributed by atoms with van der Waals surface area (Å²) in [6.07, 6.45) is 5.13. The van der Waals surface area contributed by atoms with Gasteiger partial charge in [-0.05, 0) is 25.2 Å². The Bertz CT molecular complexity index is 368. The highest BCUT2D eigenvalue weighted by atomic mass is 16.5. The number of terminal acetylenes is 1. The maximum Gasteiger partial charge on any atom is 0.227 e. The van der Waals surface area contributed by atoms with Crippen LogP contribution in [0.2, 0.25) is 0 Å². The van der Waals surface area contributed by atoms with Gasteiger partial charge in [0.15, 0.2) is 0 Å². The molecule has 0 aliphatic carbocycles. The van der Waals surface area contributed by atoms with Crippen molar-refractivity contribution < 1.29 is 4.74 Å². The second kappa shape index (κ2) is 3.00. The van der Waals surface area contributed by atoms with Crippen molar-refractivity contribution in [3.05, 3.63) is 23.8 Å². The van der Waals surface area contributed by atoms with Gasteiger partial charge >= 0.3 is 0 Å². The molecular weight excluding hydrogens is 164 g/mol. The first kappa shape index (κ1) is 7.96. The first-order chi connectivity index (χ1) is 6.33. The standard InChI is InChI=1S/C10H10N2O/c1-3-7-4-5-9-8(6-7)12-10(11-2)13-9/h1,4-6,10-12H,2H3. The molecule has 0 fully saturated rings. The number of rotatable bonds is 1. The van der Waals surface area contributed by atoms with Crippen LogP contribution in [0.1, 0.15) is 5.56 Å². The molecule has 2 rings (SSSR count). The molecule has 0 saturated carbocycles. The van der Waals surface area contributed by atoms with Crippen LogP contribution in [-0.4, -0.2) is 13.4 Å². The van der Waals surface area contributed by atoms with Gasteiger partial charge in [0, 0.05) is 5.56 Å². The molecule has 1 aliphatic rings. The molecule has 1 aromatic carbocycles. The van der Waals surface area contributed by atoms with Crippen LogP contribution in [0.15, 0.2) is 18.2 Å². The lowest BCUT2D eigenvalue weighted by Crippen LogP contribution is -2.34. The van der Waals surface area contributed by atoms with E-state index >= 15 is 0 Å². The minimum absolute atomic E-state index is 0.150. The third-order valence-electron chi connectivity index (χ3n) is 1.94. The van der Waals surface area contributed by atoms with Gasteiger partial charge in [-0.25, -0.2) is 0 Å². The van der Waals surface area contributed by atoms with Gasteiger partial charge in [-0.3, -0.25) is 5.32 Å². The van der Waals surface area contributed by atoms with Crippen molar-refractivity contribution in [2.24, 2.45) is 0 Å². The largest absolute Gasteiger partial charge is 0.455 e. The molecule has 0 aromatic heterocycles. The molecule has 3 heteroatoms. The summed E-state index contributed by atoms with van der Waals surface area (Å²) in [7, 11) is 1.83. The molecule has 1 atom stereocenters. The third-order valence-corrected chi connectivity index (χ3v) is 1.94. The van der Waals surface area contributed by atoms with E-state index in [1.807, 2.05) is 25.2 Å². The van der Waals surface area contributed by atoms with Crippen molar-refractivity contribution in [3.8, 4) is 18.1 Å². The Balaban J connectivity index is 2.32. The van der Waals surface area contributed by atoms with Gasteiger partial charge in [0.2, 0.25) is 6.35 Å². The Morgan fingerprint density at radius 2 is 2.46 bits per heavy atom. The minimum atomic E-state index is -0.150. The number of hydrogen-bond donors (Lipinski definition) is 2. The number of ether oxygens (including phenoxy) is 1. The van der Waals surface area contributed by atoms with E-state index in [-0.39, 0.29) is 6.35 Å². The number of nitrogens with one attached hydrogen (secondary N) is 2. The summed E-state index contributed by atoms with van der Waals surface area (Å²) in [4.78, 5) is 0. The van der Waals surface area contributed by atoms with Gasteiger partial charge in [-0.15, -0.1) is 6.42 Å². The smallest absolute Gasteiger partial charge is 0.227 e. The van der Waals surface area contributed by atoms with E-state index in [4.69, 9.17) is 11.2 Å². The lowest BCUT2D eigenvalue weighted by molar-refractivity contribution is 0.224. The van der Waals surface area contributed by atoms with Crippen LogP contribution in [-0.2, 0) is 0 Å². The van der Waals surface area contributed by atoms with Gasteiger partial charge < -0.3 is 10.1 Å². The molecule has 3 nitrogen and oxygen atoms in total. The summed E-state index contributed by atoms with van der Waals surface area (Å²) in [6.45, 7) is 0. The van der Waals surface area contributed by atoms with E-state index < -0.39 is 0 Å². The summed E-state index contributed by atoms with van der Waals surface area (Å²) in [5, 5.41) is 6.09. The topological polar surface area (TPSA) is 33.3 Å². The van der Waals surface area contributed by atoms with E-state index in [1.165, 1.54) is 0 Å². The maximum atomic E-state index is 5.46. The quantitative estimate of drug-likeness (QED) is 0.622. The van der Waals surface area contributed by atoms with Crippen molar-refractivity contribution in [1.82, 2.24) is 5.32 Å². The lowest BCUT2D eigenvalue weighted by Gasteiger charge is -2.07. The monoisotopic (exact) mass is 174 g/mol. The zero-order chi connectivity index (χ0) is 9.26. The lowest BCUT2D eigenvalue weighted by atomic mass is 10.2. The van der Waals surface area contributed by atoms with E-state index in [9.17, 15) is 0 Å². The first-order valence-corrected chi connectivity index (χ1v) is 4.04. The summed E-state index contributed by atoms with van der Waals surface area (Å²) in [6, 6.07) is 5.63. The molecule has 0 bridgehead atoms. The number of anilines is 1. The molecule has 0 radical (unpaired) electrons. The highest BCUT2D eigenvalue weighted by molar-refractivity contribution is 5.63. The summed E-state index contributed by atoms with van der Waals surface area (Å²) < 4.78 is 5.46. The molecule has 0 amide bonds. The van der Waals surface area contributed by atoms with Gasteiger partial charge in [0.25, 0.3) is 0 Å². The fourth-order valence-electron chi connectivity index (χ4n) is 1.26. The first-order valence-electron chi connectivity index (χ1n) is 4.04. The van der Waals surface area contributed by atoms with Gasteiger partial charge in [-0.1, -0.05) is 5.92 Å². The number of benzene rings is 1. The Morgan fingerprint density at radius 3 is 3.15 bits per heavy atom.